The molecule has 6 nitrogen and oxygen atoms in total. The first kappa shape index (κ1) is 19.8. The van der Waals surface area contributed by atoms with Crippen molar-refractivity contribution in [2.75, 3.05) is 0 Å². The van der Waals surface area contributed by atoms with Crippen molar-refractivity contribution in [1.29, 1.82) is 0 Å². The predicted octanol–water partition coefficient (Wildman–Crippen LogP) is 10.5. The number of aromatic nitrogens is 6. The van der Waals surface area contributed by atoms with Crippen molar-refractivity contribution < 1.29 is 13.7 Å². The lowest BCUT2D eigenvalue weighted by Gasteiger charge is -2.10. The molecule has 0 aliphatic rings. The number of hydrogen-bond donors (Lipinski definition) is 0. The van der Waals surface area contributed by atoms with Gasteiger partial charge in [0.2, 0.25) is 0 Å². The van der Waals surface area contributed by atoms with Gasteiger partial charge in [-0.05, 0) is 48.5 Å². The zero-order valence-corrected chi connectivity index (χ0v) is 26.1. The third-order valence-corrected chi connectivity index (χ3v) is 8.80. The second-order valence-electron chi connectivity index (χ2n) is 11.6. The van der Waals surface area contributed by atoms with Gasteiger partial charge in [0, 0.05) is 38.4 Å². The third-order valence-electron chi connectivity index (χ3n) is 8.80. The molecule has 6 aromatic carbocycles. The zero-order chi connectivity index (χ0) is 41.7. The highest BCUT2D eigenvalue weighted by molar-refractivity contribution is 6.19. The summed E-state index contributed by atoms with van der Waals surface area (Å²) in [5.74, 6) is -0.825. The van der Waals surface area contributed by atoms with Crippen molar-refractivity contribution in [3.05, 3.63) is 170 Å². The number of para-hydroxylation sites is 3. The second kappa shape index (κ2) is 11.4. The lowest BCUT2D eigenvalue weighted by Crippen LogP contribution is -2.02. The Balaban J connectivity index is 1.18. The average Bonchev–Trinajstić information content (AvgIpc) is 3.78. The van der Waals surface area contributed by atoms with Crippen molar-refractivity contribution in [1.82, 2.24) is 29.1 Å². The Hall–Kier alpha value is -6.92. The van der Waals surface area contributed by atoms with E-state index >= 15 is 0 Å². The van der Waals surface area contributed by atoms with Gasteiger partial charge in [-0.2, -0.15) is 0 Å². The molecule has 50 heavy (non-hydrogen) atoms. The molecule has 0 fully saturated rings. The molecule has 0 spiro atoms. The molecule has 0 N–H and O–H groups in total. The van der Waals surface area contributed by atoms with E-state index in [-0.39, 0.29) is 34.3 Å². The van der Waals surface area contributed by atoms with E-state index in [1.807, 2.05) is 54.6 Å². The Kier molecular flexibility index (Phi) is 4.50. The van der Waals surface area contributed by atoms with Gasteiger partial charge in [0.1, 0.15) is 5.69 Å². The monoisotopic (exact) mass is 650 g/mol. The normalized spacial score (nSPS) is 14.4. The maximum absolute atomic E-state index is 8.63. The number of nitrogens with zero attached hydrogens (tertiary/aromatic N) is 6. The van der Waals surface area contributed by atoms with Gasteiger partial charge >= 0.3 is 0 Å². The lowest BCUT2D eigenvalue weighted by molar-refractivity contribution is 1.05. The molecule has 0 bridgehead atoms. The molecule has 0 amide bonds. The molecule has 4 aromatic heterocycles. The molecule has 0 aliphatic heterocycles. The second-order valence-corrected chi connectivity index (χ2v) is 11.6. The predicted molar refractivity (Wildman–Crippen MR) is 203 cm³/mol. The summed E-state index contributed by atoms with van der Waals surface area (Å²) in [6.45, 7) is 0. The largest absolute Gasteiger partial charge is 0.309 e. The summed E-state index contributed by atoms with van der Waals surface area (Å²) in [6, 6.07) is 28.6. The Morgan fingerprint density at radius 2 is 0.920 bits per heavy atom. The van der Waals surface area contributed by atoms with E-state index in [0.29, 0.717) is 5.69 Å². The molecule has 0 saturated heterocycles. The molecule has 10 rings (SSSR count). The van der Waals surface area contributed by atoms with Gasteiger partial charge in [0.25, 0.3) is 0 Å². The number of benzene rings is 6. The van der Waals surface area contributed by atoms with Crippen LogP contribution >= 0.6 is 0 Å². The fourth-order valence-corrected chi connectivity index (χ4v) is 6.65. The van der Waals surface area contributed by atoms with E-state index in [4.69, 9.17) is 18.7 Å². The van der Waals surface area contributed by atoms with Crippen LogP contribution in [0.4, 0.5) is 0 Å². The summed E-state index contributed by atoms with van der Waals surface area (Å²) in [6.07, 6.45) is 1.65. The van der Waals surface area contributed by atoms with E-state index in [1.54, 1.807) is 12.3 Å². The molecule has 6 heteroatoms. The van der Waals surface area contributed by atoms with Crippen LogP contribution in [0.15, 0.2) is 170 Å². The summed E-state index contributed by atoms with van der Waals surface area (Å²) in [4.78, 5) is 18.2. The number of hydrogen-bond acceptors (Lipinski definition) is 4. The highest BCUT2D eigenvalue weighted by Gasteiger charge is 2.19. The molecule has 10 aromatic rings. The zero-order valence-electron chi connectivity index (χ0n) is 36.1. The van der Waals surface area contributed by atoms with Gasteiger partial charge in [-0.15, -0.1) is 0 Å². The maximum Gasteiger partial charge on any atom is 0.182 e. The van der Waals surface area contributed by atoms with Crippen LogP contribution in [-0.4, -0.2) is 29.1 Å². The van der Waals surface area contributed by atoms with Crippen LogP contribution < -0.4 is 0 Å². The highest BCUT2D eigenvalue weighted by atomic mass is 15.1. The van der Waals surface area contributed by atoms with E-state index < -0.39 is 60.4 Å². The average molecular weight is 651 g/mol. The van der Waals surface area contributed by atoms with Crippen LogP contribution in [0.5, 0.6) is 0 Å². The number of pyridine rings is 1. The quantitative estimate of drug-likeness (QED) is 0.186. The van der Waals surface area contributed by atoms with Crippen LogP contribution in [0.25, 0.3) is 89.3 Å². The summed E-state index contributed by atoms with van der Waals surface area (Å²) in [5.41, 5.74) is 5.29. The van der Waals surface area contributed by atoms with Crippen LogP contribution in [-0.2, 0) is 0 Å². The van der Waals surface area contributed by atoms with E-state index in [0.717, 1.165) is 49.3 Å². The van der Waals surface area contributed by atoms with Crippen LogP contribution in [0.3, 0.4) is 0 Å². The van der Waals surface area contributed by atoms with Crippen molar-refractivity contribution in [3.8, 4) is 45.7 Å². The minimum Gasteiger partial charge on any atom is -0.309 e. The molecular formula is C44H28N6. The van der Waals surface area contributed by atoms with Crippen molar-refractivity contribution in [3.63, 3.8) is 0 Å². The summed E-state index contributed by atoms with van der Waals surface area (Å²) in [5, 5.41) is 4.24. The third kappa shape index (κ3) is 4.50. The Bertz CT molecular complexity index is 3290. The van der Waals surface area contributed by atoms with E-state index in [1.165, 1.54) is 0 Å². The fraction of sp³-hybridized carbons (Fsp3) is 0. The molecular weight excluding hydrogens is 613 g/mol. The first-order valence-electron chi connectivity index (χ1n) is 20.8. The molecule has 0 radical (unpaired) electrons. The van der Waals surface area contributed by atoms with Gasteiger partial charge < -0.3 is 9.13 Å². The number of rotatable bonds is 5. The Morgan fingerprint density at radius 3 is 1.46 bits per heavy atom. The number of fused-ring (bicyclic) bond motifs is 6. The molecule has 0 saturated carbocycles. The smallest absolute Gasteiger partial charge is 0.182 e. The fourth-order valence-electron chi connectivity index (χ4n) is 6.65. The minimum atomic E-state index is -0.618. The van der Waals surface area contributed by atoms with Crippen LogP contribution in [0.1, 0.15) is 13.7 Å². The first-order chi connectivity index (χ1) is 28.9. The maximum atomic E-state index is 8.63. The molecule has 0 aliphatic carbocycles. The van der Waals surface area contributed by atoms with Gasteiger partial charge in [-0.3, -0.25) is 4.98 Å². The highest BCUT2D eigenvalue weighted by Crippen LogP contribution is 2.39. The van der Waals surface area contributed by atoms with Gasteiger partial charge in [0.05, 0.1) is 47.7 Å². The molecule has 0 atom stereocenters. The molecule has 0 unspecified atom stereocenters. The van der Waals surface area contributed by atoms with Gasteiger partial charge in [0.15, 0.2) is 17.5 Å². The standard InChI is InChI=1S/C44H28N6/c1-4-14-29(15-5-1)42-46-43(30-16-6-2-7-17-30)48-44(47-42)37-25-24-32(28-45-37)50-39-23-13-11-21-34(39)36-26-40-35(27-41(36)50)33-20-10-12-22-38(33)49(40)31-18-8-3-9-19-31/h1-28H/i1D,2D,4D,5D,6D,7D,14D,15D,16D,17D. The summed E-state index contributed by atoms with van der Waals surface area (Å²) >= 11 is 0. The topological polar surface area (TPSA) is 61.4 Å². The summed E-state index contributed by atoms with van der Waals surface area (Å²) < 4.78 is 88.2. The lowest BCUT2D eigenvalue weighted by atomic mass is 10.1. The summed E-state index contributed by atoms with van der Waals surface area (Å²) in [7, 11) is 0. The SMILES string of the molecule is [2H]c1c([2H])c([2H])c(-c2nc(-c3ccc(-n4c5ccccc5c5cc6c(cc54)c4ccccc4n6-c4ccccc4)cn3)nc(-c3c([2H])c([2H])c([2H])c([2H])c3[2H])n2)c([2H])c1[2H]. The van der Waals surface area contributed by atoms with Crippen molar-refractivity contribution in [2.45, 2.75) is 0 Å². The van der Waals surface area contributed by atoms with Crippen LogP contribution in [0, 0.1) is 0 Å². The van der Waals surface area contributed by atoms with E-state index in [9.17, 15) is 0 Å². The van der Waals surface area contributed by atoms with Crippen molar-refractivity contribution in [2.24, 2.45) is 0 Å². The molecule has 234 valence electrons. The Labute approximate surface area is 301 Å². The van der Waals surface area contributed by atoms with Crippen LogP contribution in [0.2, 0.25) is 0 Å². The molecule has 4 heterocycles. The first-order valence-corrected chi connectivity index (χ1v) is 15.8. The minimum absolute atomic E-state index is 0.113. The Morgan fingerprint density at radius 1 is 0.420 bits per heavy atom. The van der Waals surface area contributed by atoms with Gasteiger partial charge in [-0.1, -0.05) is 115 Å². The van der Waals surface area contributed by atoms with Crippen molar-refractivity contribution >= 4 is 43.6 Å². The van der Waals surface area contributed by atoms with E-state index in [2.05, 4.69) is 66.6 Å². The van der Waals surface area contributed by atoms with Gasteiger partial charge in [-0.25, -0.2) is 15.0 Å².